The molecule has 32 heavy (non-hydrogen) atoms. The number of ether oxygens (including phenoxy) is 2. The number of aliphatic hydroxyl groups is 1. The maximum absolute atomic E-state index is 14.5. The van der Waals surface area contributed by atoms with Gasteiger partial charge in [0.05, 0.1) is 24.8 Å². The largest absolute Gasteiger partial charge is 0.497 e. The summed E-state index contributed by atoms with van der Waals surface area (Å²) >= 11 is 0. The summed E-state index contributed by atoms with van der Waals surface area (Å²) in [7, 11) is 1.56. The zero-order valence-corrected chi connectivity index (χ0v) is 17.9. The number of aliphatic hydroxyl groups excluding tert-OH is 1. The Morgan fingerprint density at radius 1 is 1.31 bits per heavy atom. The number of halogens is 1. The Morgan fingerprint density at radius 2 is 2.12 bits per heavy atom. The highest BCUT2D eigenvalue weighted by molar-refractivity contribution is 5.70. The number of carboxylic acids is 1. The molecule has 0 saturated carbocycles. The van der Waals surface area contributed by atoms with E-state index in [1.807, 2.05) is 6.07 Å². The van der Waals surface area contributed by atoms with Gasteiger partial charge in [-0.05, 0) is 66.8 Å². The third-order valence-electron chi connectivity index (χ3n) is 6.10. The number of alkyl halides is 1. The maximum atomic E-state index is 14.5. The van der Waals surface area contributed by atoms with Crippen molar-refractivity contribution in [3.05, 3.63) is 82.9 Å². The minimum Gasteiger partial charge on any atom is -0.497 e. The molecule has 0 aliphatic heterocycles. The third-order valence-corrected chi connectivity index (χ3v) is 6.10. The average Bonchev–Trinajstić information content (AvgIpc) is 3.20. The quantitative estimate of drug-likeness (QED) is 0.664. The minimum atomic E-state index is -1.13. The number of aliphatic carboxylic acids is 1. The zero-order valence-electron chi connectivity index (χ0n) is 17.9. The van der Waals surface area contributed by atoms with Crippen LogP contribution < -0.4 is 4.74 Å². The number of carbonyl (C=O) groups is 1. The van der Waals surface area contributed by atoms with Gasteiger partial charge in [0.25, 0.3) is 0 Å². The first-order valence-corrected chi connectivity index (χ1v) is 10.6. The van der Waals surface area contributed by atoms with E-state index in [1.54, 1.807) is 49.7 Å². The van der Waals surface area contributed by atoms with Crippen LogP contribution in [-0.4, -0.2) is 34.4 Å². The SMILES string of the molecule is COC1=CC(c2cnc3c(c2)CC[C@H]3Oc2cccc([C@H](O)C(C)C(=O)O)c2)C(F)C=C1. The number of pyridine rings is 1. The second kappa shape index (κ2) is 9.12. The predicted octanol–water partition coefficient (Wildman–Crippen LogP) is 4.42. The van der Waals surface area contributed by atoms with Gasteiger partial charge in [-0.15, -0.1) is 0 Å². The van der Waals surface area contributed by atoms with Crippen molar-refractivity contribution in [1.82, 2.24) is 4.98 Å². The molecule has 2 N–H and O–H groups in total. The van der Waals surface area contributed by atoms with Gasteiger partial charge in [0.2, 0.25) is 0 Å². The van der Waals surface area contributed by atoms with Gasteiger partial charge in [-0.1, -0.05) is 18.2 Å². The summed E-state index contributed by atoms with van der Waals surface area (Å²) in [5.41, 5.74) is 3.12. The Bertz CT molecular complexity index is 1070. The lowest BCUT2D eigenvalue weighted by atomic mass is 9.90. The second-order valence-corrected chi connectivity index (χ2v) is 8.20. The van der Waals surface area contributed by atoms with Crippen molar-refractivity contribution in [3.63, 3.8) is 0 Å². The lowest BCUT2D eigenvalue weighted by molar-refractivity contribution is -0.145. The number of fused-ring (bicyclic) bond motifs is 1. The Kier molecular flexibility index (Phi) is 6.28. The van der Waals surface area contributed by atoms with Crippen LogP contribution in [0.15, 0.2) is 60.5 Å². The average molecular weight is 439 g/mol. The smallest absolute Gasteiger partial charge is 0.309 e. The molecule has 6 nitrogen and oxygen atoms in total. The molecular formula is C25H26FNO5. The van der Waals surface area contributed by atoms with Crippen molar-refractivity contribution in [3.8, 4) is 5.75 Å². The van der Waals surface area contributed by atoms with Gasteiger partial charge in [0.15, 0.2) is 0 Å². The van der Waals surface area contributed by atoms with Crippen LogP contribution in [0.4, 0.5) is 4.39 Å². The van der Waals surface area contributed by atoms with Crippen LogP contribution >= 0.6 is 0 Å². The first kappa shape index (κ1) is 22.0. The van der Waals surface area contributed by atoms with E-state index >= 15 is 0 Å². The fraction of sp³-hybridized carbons (Fsp3) is 0.360. The number of carboxylic acid groups (broad SMARTS) is 1. The molecule has 0 amide bonds. The van der Waals surface area contributed by atoms with Crippen LogP contribution in [0.1, 0.15) is 53.9 Å². The van der Waals surface area contributed by atoms with E-state index < -0.39 is 30.1 Å². The van der Waals surface area contributed by atoms with E-state index in [1.165, 1.54) is 13.0 Å². The summed E-state index contributed by atoms with van der Waals surface area (Å²) < 4.78 is 25.8. The highest BCUT2D eigenvalue weighted by Crippen LogP contribution is 2.37. The van der Waals surface area contributed by atoms with Crippen molar-refractivity contribution in [2.24, 2.45) is 5.92 Å². The number of hydrogen-bond donors (Lipinski definition) is 2. The first-order chi connectivity index (χ1) is 15.4. The number of benzene rings is 1. The van der Waals surface area contributed by atoms with Gasteiger partial charge >= 0.3 is 5.97 Å². The topological polar surface area (TPSA) is 88.9 Å². The Labute approximate surface area is 186 Å². The van der Waals surface area contributed by atoms with Crippen LogP contribution in [-0.2, 0) is 16.0 Å². The van der Waals surface area contributed by atoms with Gasteiger partial charge < -0.3 is 19.7 Å². The van der Waals surface area contributed by atoms with E-state index in [0.717, 1.165) is 29.7 Å². The van der Waals surface area contributed by atoms with Crippen molar-refractivity contribution < 1.29 is 28.9 Å². The molecule has 0 spiro atoms. The van der Waals surface area contributed by atoms with Crippen molar-refractivity contribution in [1.29, 1.82) is 0 Å². The Morgan fingerprint density at radius 3 is 2.88 bits per heavy atom. The van der Waals surface area contributed by atoms with Crippen LogP contribution in [0.5, 0.6) is 5.75 Å². The Hall–Kier alpha value is -3.19. The lowest BCUT2D eigenvalue weighted by Crippen LogP contribution is -2.18. The van der Waals surface area contributed by atoms with Crippen molar-refractivity contribution >= 4 is 5.97 Å². The van der Waals surface area contributed by atoms with Gasteiger partial charge in [0.1, 0.15) is 23.8 Å². The van der Waals surface area contributed by atoms with E-state index in [-0.39, 0.29) is 6.10 Å². The number of aryl methyl sites for hydroxylation is 1. The maximum Gasteiger partial charge on any atom is 0.309 e. The van der Waals surface area contributed by atoms with Crippen molar-refractivity contribution in [2.45, 2.75) is 44.1 Å². The fourth-order valence-corrected chi connectivity index (χ4v) is 4.16. The van der Waals surface area contributed by atoms with E-state index in [4.69, 9.17) is 14.6 Å². The van der Waals surface area contributed by atoms with Crippen LogP contribution in [0.3, 0.4) is 0 Å². The van der Waals surface area contributed by atoms with Gasteiger partial charge in [-0.2, -0.15) is 0 Å². The number of hydrogen-bond acceptors (Lipinski definition) is 5. The van der Waals surface area contributed by atoms with Gasteiger partial charge in [0, 0.05) is 12.1 Å². The second-order valence-electron chi connectivity index (χ2n) is 8.20. The summed E-state index contributed by atoms with van der Waals surface area (Å²) in [5.74, 6) is -1.27. The summed E-state index contributed by atoms with van der Waals surface area (Å²) in [6.45, 7) is 1.46. The van der Waals surface area contributed by atoms with Crippen LogP contribution in [0.2, 0.25) is 0 Å². The molecule has 4 rings (SSSR count). The van der Waals surface area contributed by atoms with Crippen LogP contribution in [0.25, 0.3) is 0 Å². The molecule has 168 valence electrons. The predicted molar refractivity (Wildman–Crippen MR) is 116 cm³/mol. The summed E-state index contributed by atoms with van der Waals surface area (Å²) in [6, 6.07) is 8.83. The zero-order chi connectivity index (χ0) is 22.8. The molecular weight excluding hydrogens is 413 g/mol. The van der Waals surface area contributed by atoms with E-state index in [2.05, 4.69) is 4.98 Å². The molecule has 0 saturated heterocycles. The minimum absolute atomic E-state index is 0.263. The highest BCUT2D eigenvalue weighted by atomic mass is 19.1. The molecule has 7 heteroatoms. The normalized spacial score (nSPS) is 23.8. The number of nitrogens with zero attached hydrogens (tertiary/aromatic N) is 1. The van der Waals surface area contributed by atoms with Gasteiger partial charge in [-0.3, -0.25) is 9.78 Å². The third kappa shape index (κ3) is 4.39. The molecule has 2 aliphatic rings. The molecule has 3 unspecified atom stereocenters. The molecule has 2 aromatic rings. The molecule has 5 atom stereocenters. The van der Waals surface area contributed by atoms with Crippen LogP contribution in [0, 0.1) is 5.92 Å². The summed E-state index contributed by atoms with van der Waals surface area (Å²) in [5, 5.41) is 19.5. The lowest BCUT2D eigenvalue weighted by Gasteiger charge is -2.21. The summed E-state index contributed by atoms with van der Waals surface area (Å²) in [6.07, 6.45) is 5.55. The molecule has 2 aliphatic carbocycles. The number of rotatable bonds is 7. The summed E-state index contributed by atoms with van der Waals surface area (Å²) in [4.78, 5) is 15.8. The number of aromatic nitrogens is 1. The molecule has 0 fully saturated rings. The number of methoxy groups -OCH3 is 1. The molecule has 1 aromatic carbocycles. The Balaban J connectivity index is 1.51. The van der Waals surface area contributed by atoms with Gasteiger partial charge in [-0.25, -0.2) is 4.39 Å². The van der Waals surface area contributed by atoms with E-state index in [9.17, 15) is 14.3 Å². The fourth-order valence-electron chi connectivity index (χ4n) is 4.16. The van der Waals surface area contributed by atoms with E-state index in [0.29, 0.717) is 17.1 Å². The monoisotopic (exact) mass is 439 g/mol. The standard InChI is InChI=1S/C25H26FNO5/c1-14(25(29)30)24(28)16-4-3-5-19(11-16)32-22-9-6-15-10-17(13-27-23(15)22)20-12-18(31-2)7-8-21(20)26/h3-5,7-8,10-14,20-22,24,28H,6,9H2,1-2H3,(H,29,30)/t14?,20?,21?,22-,24-/m1/s1. The molecule has 1 aromatic heterocycles. The molecule has 0 bridgehead atoms. The number of allylic oxidation sites excluding steroid dienone is 3. The van der Waals surface area contributed by atoms with Crippen molar-refractivity contribution in [2.75, 3.05) is 7.11 Å². The molecule has 0 radical (unpaired) electrons. The first-order valence-electron chi connectivity index (χ1n) is 10.6. The molecule has 1 heterocycles. The highest BCUT2D eigenvalue weighted by Gasteiger charge is 2.30.